The van der Waals surface area contributed by atoms with Gasteiger partial charge in [0.25, 0.3) is 0 Å². The van der Waals surface area contributed by atoms with Gasteiger partial charge in [-0.05, 0) is 0 Å². The van der Waals surface area contributed by atoms with Crippen LogP contribution in [0.25, 0.3) is 0 Å². The molecule has 0 unspecified atom stereocenters. The van der Waals surface area contributed by atoms with Crippen molar-refractivity contribution < 1.29 is 9.59 Å². The molecule has 0 aromatic carbocycles. The summed E-state index contributed by atoms with van der Waals surface area (Å²) in [6.45, 7) is 0. The number of isocyanates is 2. The molecule has 0 aliphatic heterocycles. The smallest absolute Gasteiger partial charge is 0.210 e. The van der Waals surface area contributed by atoms with Crippen LogP contribution in [0.3, 0.4) is 0 Å². The Bertz CT molecular complexity index is 128. The maximum absolute atomic E-state index is 9.30. The molecule has 0 N–H and O–H groups in total. The minimum atomic E-state index is 0.767. The normalized spacial score (nSPS) is 6.50. The van der Waals surface area contributed by atoms with Gasteiger partial charge in [0.2, 0.25) is 12.2 Å². The van der Waals surface area contributed by atoms with Crippen LogP contribution in [-0.2, 0) is 9.59 Å². The molecule has 0 amide bonds. The van der Waals surface area contributed by atoms with Crippen LogP contribution >= 0.6 is 22.0 Å². The van der Waals surface area contributed by atoms with E-state index in [1.54, 1.807) is 0 Å². The van der Waals surface area contributed by atoms with Gasteiger partial charge >= 0.3 is 0 Å². The molecule has 0 saturated heterocycles. The molecular formula is C2N2O2S2. The summed E-state index contributed by atoms with van der Waals surface area (Å²) in [7, 11) is 1.53. The Kier molecular flexibility index (Phi) is 6.02. The van der Waals surface area contributed by atoms with Gasteiger partial charge in [-0.15, -0.1) is 8.80 Å². The van der Waals surface area contributed by atoms with Crippen LogP contribution in [0.1, 0.15) is 0 Å². The van der Waals surface area contributed by atoms with Crippen molar-refractivity contribution in [3.05, 3.63) is 0 Å². The third kappa shape index (κ3) is 5.46. The molecule has 0 atom stereocenters. The maximum atomic E-state index is 9.30. The third-order valence-corrected chi connectivity index (χ3v) is 1.19. The fourth-order valence-corrected chi connectivity index (χ4v) is 0.574. The zero-order valence-electron chi connectivity index (χ0n) is 3.53. The van der Waals surface area contributed by atoms with Crippen LogP contribution in [0.15, 0.2) is 8.80 Å². The average molecular weight is 148 g/mol. The third-order valence-electron chi connectivity index (χ3n) is 0.182. The monoisotopic (exact) mass is 148 g/mol. The minimum absolute atomic E-state index is 0.767. The van der Waals surface area contributed by atoms with Crippen LogP contribution in [0, 0.1) is 0 Å². The highest BCUT2D eigenvalue weighted by atomic mass is 33.1. The van der Waals surface area contributed by atoms with E-state index in [4.69, 9.17) is 0 Å². The molecule has 0 aliphatic rings. The summed E-state index contributed by atoms with van der Waals surface area (Å²) in [4.78, 5) is 18.6. The molecule has 0 heterocycles. The molecule has 0 aromatic rings. The fourth-order valence-electron chi connectivity index (χ4n) is 0.0638. The second-order valence-corrected chi connectivity index (χ2v) is 2.07. The molecule has 0 aromatic heterocycles. The first kappa shape index (κ1) is 7.46. The van der Waals surface area contributed by atoms with E-state index in [-0.39, 0.29) is 0 Å². The Balaban J connectivity index is 3.18. The zero-order valence-corrected chi connectivity index (χ0v) is 5.16. The summed E-state index contributed by atoms with van der Waals surface area (Å²) in [6, 6.07) is 0. The van der Waals surface area contributed by atoms with Crippen molar-refractivity contribution in [3.63, 3.8) is 0 Å². The van der Waals surface area contributed by atoms with E-state index in [1.165, 1.54) is 12.2 Å². The van der Waals surface area contributed by atoms with E-state index in [2.05, 4.69) is 8.80 Å². The molecule has 0 radical (unpaired) electrons. The summed E-state index contributed by atoms with van der Waals surface area (Å²) in [6.07, 6.45) is 2.51. The van der Waals surface area contributed by atoms with Crippen LogP contribution < -0.4 is 0 Å². The summed E-state index contributed by atoms with van der Waals surface area (Å²) in [5.74, 6) is 0. The Morgan fingerprint density at radius 2 is 1.38 bits per heavy atom. The van der Waals surface area contributed by atoms with Crippen LogP contribution in [-0.4, -0.2) is 12.2 Å². The highest BCUT2D eigenvalue weighted by Crippen LogP contribution is 2.21. The van der Waals surface area contributed by atoms with Gasteiger partial charge in [0.15, 0.2) is 0 Å². The number of rotatable bonds is 3. The second kappa shape index (κ2) is 6.46. The van der Waals surface area contributed by atoms with Crippen molar-refractivity contribution >= 4 is 34.1 Å². The second-order valence-electron chi connectivity index (χ2n) is 0.514. The minimum Gasteiger partial charge on any atom is -0.210 e. The van der Waals surface area contributed by atoms with Crippen molar-refractivity contribution in [2.75, 3.05) is 0 Å². The Morgan fingerprint density at radius 3 is 1.62 bits per heavy atom. The summed E-state index contributed by atoms with van der Waals surface area (Å²) >= 11 is 0. The average Bonchev–Trinajstić information content (AvgIpc) is 1.81. The van der Waals surface area contributed by atoms with Gasteiger partial charge in [-0.1, -0.05) is 0 Å². The molecule has 42 valence electrons. The van der Waals surface area contributed by atoms with Crippen molar-refractivity contribution in [1.29, 1.82) is 0 Å². The van der Waals surface area contributed by atoms with E-state index in [1.807, 2.05) is 0 Å². The van der Waals surface area contributed by atoms with Gasteiger partial charge in [-0.25, -0.2) is 9.59 Å². The molecule has 0 aliphatic carbocycles. The predicted octanol–water partition coefficient (Wildman–Crippen LogP) is 0.869. The lowest BCUT2D eigenvalue weighted by molar-refractivity contribution is 0.565. The van der Waals surface area contributed by atoms with Crippen molar-refractivity contribution in [2.45, 2.75) is 0 Å². The van der Waals surface area contributed by atoms with E-state index < -0.39 is 0 Å². The van der Waals surface area contributed by atoms with E-state index in [0.717, 1.165) is 22.0 Å². The van der Waals surface area contributed by atoms with Gasteiger partial charge in [-0.3, -0.25) is 0 Å². The van der Waals surface area contributed by atoms with Gasteiger partial charge in [-0.2, -0.15) is 0 Å². The van der Waals surface area contributed by atoms with Crippen molar-refractivity contribution in [3.8, 4) is 0 Å². The van der Waals surface area contributed by atoms with Crippen LogP contribution in [0.4, 0.5) is 0 Å². The molecule has 0 bridgehead atoms. The van der Waals surface area contributed by atoms with Gasteiger partial charge in [0.1, 0.15) is 0 Å². The lowest BCUT2D eigenvalue weighted by atomic mass is 11.7. The summed E-state index contributed by atoms with van der Waals surface area (Å²) < 4.78 is 6.02. The van der Waals surface area contributed by atoms with Gasteiger partial charge in [0.05, 0.1) is 22.0 Å². The predicted molar refractivity (Wildman–Crippen MR) is 31.4 cm³/mol. The quantitative estimate of drug-likeness (QED) is 0.196. The summed E-state index contributed by atoms with van der Waals surface area (Å²) in [5.41, 5.74) is 0. The number of hydrogen-bond acceptors (Lipinski definition) is 6. The van der Waals surface area contributed by atoms with Gasteiger partial charge in [0, 0.05) is 0 Å². The summed E-state index contributed by atoms with van der Waals surface area (Å²) in [5, 5.41) is 0. The molecule has 0 fully saturated rings. The van der Waals surface area contributed by atoms with Crippen LogP contribution in [0.5, 0.6) is 0 Å². The zero-order chi connectivity index (χ0) is 6.24. The Hall–Kier alpha value is -0.540. The number of hydrogen-bond donors (Lipinski definition) is 0. The first-order valence-corrected chi connectivity index (χ1v) is 3.45. The van der Waals surface area contributed by atoms with Gasteiger partial charge < -0.3 is 0 Å². The van der Waals surface area contributed by atoms with Crippen LogP contribution in [0.2, 0.25) is 0 Å². The highest BCUT2D eigenvalue weighted by Gasteiger charge is 1.76. The van der Waals surface area contributed by atoms with E-state index in [0.29, 0.717) is 0 Å². The van der Waals surface area contributed by atoms with Crippen molar-refractivity contribution in [1.82, 2.24) is 0 Å². The first-order valence-electron chi connectivity index (χ1n) is 1.39. The largest absolute Gasteiger partial charge is 0.248 e. The standard InChI is InChI=1S/C2N2O2S2/c5-1-3-7-8-4-2-6. The van der Waals surface area contributed by atoms with Crippen molar-refractivity contribution in [2.24, 2.45) is 8.80 Å². The molecule has 8 heavy (non-hydrogen) atoms. The van der Waals surface area contributed by atoms with E-state index >= 15 is 0 Å². The lowest BCUT2D eigenvalue weighted by Crippen LogP contribution is -1.42. The topological polar surface area (TPSA) is 58.9 Å². The lowest BCUT2D eigenvalue weighted by Gasteiger charge is -1.70. The molecule has 0 spiro atoms. The highest BCUT2D eigenvalue weighted by molar-refractivity contribution is 8.75. The number of carbonyl (C=O) groups excluding carboxylic acids is 2. The molecule has 0 rings (SSSR count). The fraction of sp³-hybridized carbons (Fsp3) is 0. The first-order chi connectivity index (χ1) is 3.91. The van der Waals surface area contributed by atoms with E-state index in [9.17, 15) is 9.59 Å². The SMILES string of the molecule is O=C=NSSN=C=O. The molecule has 0 saturated carbocycles. The maximum Gasteiger partial charge on any atom is 0.248 e. The molecule has 4 nitrogen and oxygen atoms in total. The number of nitrogens with zero attached hydrogens (tertiary/aromatic N) is 2. The molecule has 6 heteroatoms. The molecular weight excluding hydrogens is 148 g/mol. The Labute approximate surface area is 53.1 Å². The Morgan fingerprint density at radius 1 is 1.00 bits per heavy atom.